The Hall–Kier alpha value is -2.37. The molecule has 1 saturated heterocycles. The Labute approximate surface area is 152 Å². The maximum absolute atomic E-state index is 12.2. The second-order valence-electron chi connectivity index (χ2n) is 6.20. The Morgan fingerprint density at radius 3 is 2.64 bits per heavy atom. The highest BCUT2D eigenvalue weighted by Gasteiger charge is 2.21. The number of halogens is 1. The molecule has 1 aliphatic heterocycles. The van der Waals surface area contributed by atoms with Gasteiger partial charge >= 0.3 is 0 Å². The van der Waals surface area contributed by atoms with E-state index < -0.39 is 0 Å². The summed E-state index contributed by atoms with van der Waals surface area (Å²) in [7, 11) is 2.02. The third-order valence-corrected chi connectivity index (χ3v) is 4.57. The lowest BCUT2D eigenvalue weighted by Gasteiger charge is -2.11. The molecule has 1 unspecified atom stereocenters. The fourth-order valence-corrected chi connectivity index (χ4v) is 3.24. The molecule has 130 valence electrons. The molecule has 0 saturated carbocycles. The number of rotatable bonds is 3. The van der Waals surface area contributed by atoms with Gasteiger partial charge in [-0.2, -0.15) is 0 Å². The van der Waals surface area contributed by atoms with Gasteiger partial charge in [-0.3, -0.25) is 4.79 Å². The van der Waals surface area contributed by atoms with Gasteiger partial charge in [-0.05, 0) is 55.8 Å². The summed E-state index contributed by atoms with van der Waals surface area (Å²) in [6.45, 7) is 0.920. The molecule has 5 nitrogen and oxygen atoms in total. The predicted octanol–water partition coefficient (Wildman–Crippen LogP) is 3.35. The summed E-state index contributed by atoms with van der Waals surface area (Å²) in [5.41, 5.74) is 3.94. The van der Waals surface area contributed by atoms with Crippen LogP contribution in [0.5, 0.6) is 0 Å². The van der Waals surface area contributed by atoms with Gasteiger partial charge in [0.2, 0.25) is 5.91 Å². The molecule has 2 heterocycles. The molecule has 1 fully saturated rings. The van der Waals surface area contributed by atoms with Crippen LogP contribution in [-0.4, -0.2) is 28.0 Å². The van der Waals surface area contributed by atoms with Gasteiger partial charge in [-0.25, -0.2) is 4.98 Å². The zero-order valence-electron chi connectivity index (χ0n) is 14.0. The second kappa shape index (κ2) is 7.25. The summed E-state index contributed by atoms with van der Waals surface area (Å²) in [5.74, 6) is 0.967. The van der Waals surface area contributed by atoms with Gasteiger partial charge < -0.3 is 15.2 Å². The van der Waals surface area contributed by atoms with Crippen LogP contribution in [0.1, 0.15) is 12.8 Å². The molecule has 4 rings (SSSR count). The number of carbonyl (C=O) groups is 1. The van der Waals surface area contributed by atoms with E-state index in [1.54, 1.807) is 0 Å². The SMILES string of the molecule is Cl.Cn1c(-c2ccc(NC(=O)C3CCCN3)cc2)nc2ccccc21. The Morgan fingerprint density at radius 2 is 1.96 bits per heavy atom. The number of amides is 1. The molecule has 0 radical (unpaired) electrons. The minimum absolute atomic E-state index is 0. The van der Waals surface area contributed by atoms with E-state index in [9.17, 15) is 4.79 Å². The van der Waals surface area contributed by atoms with Crippen molar-refractivity contribution in [2.45, 2.75) is 18.9 Å². The molecule has 2 aromatic carbocycles. The van der Waals surface area contributed by atoms with Crippen molar-refractivity contribution < 1.29 is 4.79 Å². The molecule has 25 heavy (non-hydrogen) atoms. The van der Waals surface area contributed by atoms with E-state index >= 15 is 0 Å². The first-order valence-corrected chi connectivity index (χ1v) is 8.28. The molecule has 1 aliphatic rings. The van der Waals surface area contributed by atoms with Crippen LogP contribution in [0.2, 0.25) is 0 Å². The third kappa shape index (κ3) is 3.38. The quantitative estimate of drug-likeness (QED) is 0.756. The van der Waals surface area contributed by atoms with E-state index in [0.29, 0.717) is 0 Å². The van der Waals surface area contributed by atoms with E-state index in [1.165, 1.54) is 0 Å². The van der Waals surface area contributed by atoms with Crippen molar-refractivity contribution in [3.8, 4) is 11.4 Å². The fourth-order valence-electron chi connectivity index (χ4n) is 3.24. The maximum atomic E-state index is 12.2. The monoisotopic (exact) mass is 356 g/mol. The molecule has 1 aromatic heterocycles. The van der Waals surface area contributed by atoms with Crippen LogP contribution in [0.3, 0.4) is 0 Å². The minimum atomic E-state index is -0.0653. The number of nitrogens with one attached hydrogen (secondary N) is 2. The largest absolute Gasteiger partial charge is 0.327 e. The average molecular weight is 357 g/mol. The van der Waals surface area contributed by atoms with Crippen molar-refractivity contribution in [2.75, 3.05) is 11.9 Å². The normalized spacial score (nSPS) is 16.6. The summed E-state index contributed by atoms with van der Waals surface area (Å²) >= 11 is 0. The summed E-state index contributed by atoms with van der Waals surface area (Å²) in [6.07, 6.45) is 1.97. The van der Waals surface area contributed by atoms with Crippen molar-refractivity contribution in [2.24, 2.45) is 7.05 Å². The molecule has 1 atom stereocenters. The van der Waals surface area contributed by atoms with E-state index in [1.807, 2.05) is 49.5 Å². The van der Waals surface area contributed by atoms with Gasteiger partial charge in [-0.15, -0.1) is 12.4 Å². The molecule has 0 spiro atoms. The average Bonchev–Trinajstić information content (AvgIpc) is 3.25. The number of hydrogen-bond donors (Lipinski definition) is 2. The van der Waals surface area contributed by atoms with Gasteiger partial charge in [0.1, 0.15) is 5.82 Å². The zero-order chi connectivity index (χ0) is 16.5. The molecule has 1 amide bonds. The number of imidazole rings is 1. The topological polar surface area (TPSA) is 59.0 Å². The number of aryl methyl sites for hydroxylation is 1. The van der Waals surface area contributed by atoms with Crippen molar-refractivity contribution in [1.29, 1.82) is 0 Å². The number of nitrogens with zero attached hydrogens (tertiary/aromatic N) is 2. The molecule has 2 N–H and O–H groups in total. The highest BCUT2D eigenvalue weighted by Crippen LogP contribution is 2.24. The highest BCUT2D eigenvalue weighted by molar-refractivity contribution is 5.95. The first-order valence-electron chi connectivity index (χ1n) is 8.28. The number of anilines is 1. The first-order chi connectivity index (χ1) is 11.7. The fraction of sp³-hybridized carbons (Fsp3) is 0.263. The van der Waals surface area contributed by atoms with Gasteiger partial charge in [0.15, 0.2) is 0 Å². The van der Waals surface area contributed by atoms with Crippen LogP contribution in [0.4, 0.5) is 5.69 Å². The van der Waals surface area contributed by atoms with E-state index in [-0.39, 0.29) is 24.4 Å². The van der Waals surface area contributed by atoms with Crippen molar-refractivity contribution >= 4 is 35.0 Å². The summed E-state index contributed by atoms with van der Waals surface area (Å²) in [4.78, 5) is 16.9. The Bertz CT molecular complexity index is 882. The molecule has 6 heteroatoms. The Morgan fingerprint density at radius 1 is 1.20 bits per heavy atom. The van der Waals surface area contributed by atoms with E-state index in [4.69, 9.17) is 4.98 Å². The lowest BCUT2D eigenvalue weighted by Crippen LogP contribution is -2.35. The lowest BCUT2D eigenvalue weighted by molar-refractivity contribution is -0.117. The smallest absolute Gasteiger partial charge is 0.241 e. The van der Waals surface area contributed by atoms with Gasteiger partial charge in [0.25, 0.3) is 0 Å². The van der Waals surface area contributed by atoms with Crippen LogP contribution < -0.4 is 10.6 Å². The van der Waals surface area contributed by atoms with Gasteiger partial charge in [0.05, 0.1) is 17.1 Å². The number of aromatic nitrogens is 2. The number of carbonyl (C=O) groups excluding carboxylic acids is 1. The minimum Gasteiger partial charge on any atom is -0.327 e. The van der Waals surface area contributed by atoms with Crippen LogP contribution >= 0.6 is 12.4 Å². The number of benzene rings is 2. The van der Waals surface area contributed by atoms with Crippen molar-refractivity contribution in [3.05, 3.63) is 48.5 Å². The Balaban J connectivity index is 0.00000182. The van der Waals surface area contributed by atoms with E-state index in [0.717, 1.165) is 47.5 Å². The molecule has 3 aromatic rings. The number of fused-ring (bicyclic) bond motifs is 1. The summed E-state index contributed by atoms with van der Waals surface area (Å²) in [5, 5.41) is 6.19. The van der Waals surface area contributed by atoms with Crippen LogP contribution in [0, 0.1) is 0 Å². The van der Waals surface area contributed by atoms with Crippen molar-refractivity contribution in [3.63, 3.8) is 0 Å². The second-order valence-corrected chi connectivity index (χ2v) is 6.20. The van der Waals surface area contributed by atoms with Crippen LogP contribution in [0.25, 0.3) is 22.4 Å². The molecular weight excluding hydrogens is 336 g/mol. The standard InChI is InChI=1S/C19H20N4O.ClH/c1-23-17-7-3-2-5-15(17)22-18(23)13-8-10-14(11-9-13)21-19(24)16-6-4-12-20-16;/h2-3,5,7-11,16,20H,4,6,12H2,1H3,(H,21,24);1H. The number of para-hydroxylation sites is 2. The van der Waals surface area contributed by atoms with Gasteiger partial charge in [0, 0.05) is 18.3 Å². The van der Waals surface area contributed by atoms with Crippen LogP contribution in [-0.2, 0) is 11.8 Å². The lowest BCUT2D eigenvalue weighted by atomic mass is 10.1. The van der Waals surface area contributed by atoms with E-state index in [2.05, 4.69) is 21.3 Å². The zero-order valence-corrected chi connectivity index (χ0v) is 14.8. The summed E-state index contributed by atoms with van der Waals surface area (Å²) < 4.78 is 2.09. The van der Waals surface area contributed by atoms with Crippen LogP contribution in [0.15, 0.2) is 48.5 Å². The Kier molecular flexibility index (Phi) is 5.06. The molecular formula is C19H21ClN4O. The first kappa shape index (κ1) is 17.5. The molecule has 0 bridgehead atoms. The van der Waals surface area contributed by atoms with Gasteiger partial charge in [-0.1, -0.05) is 12.1 Å². The molecule has 0 aliphatic carbocycles. The third-order valence-electron chi connectivity index (χ3n) is 4.57. The van der Waals surface area contributed by atoms with Crippen molar-refractivity contribution in [1.82, 2.24) is 14.9 Å². The number of hydrogen-bond acceptors (Lipinski definition) is 3. The highest BCUT2D eigenvalue weighted by atomic mass is 35.5. The summed E-state index contributed by atoms with van der Waals surface area (Å²) in [6, 6.07) is 15.9. The maximum Gasteiger partial charge on any atom is 0.241 e. The predicted molar refractivity (Wildman–Crippen MR) is 103 cm³/mol.